The second kappa shape index (κ2) is 4.53. The number of nitrogens with one attached hydrogen (secondary N) is 1. The van der Waals surface area contributed by atoms with E-state index in [-0.39, 0.29) is 18.9 Å². The van der Waals surface area contributed by atoms with Crippen LogP contribution in [0.3, 0.4) is 0 Å². The Hall–Kier alpha value is -0.930. The van der Waals surface area contributed by atoms with Crippen molar-refractivity contribution >= 4 is 5.91 Å². The lowest BCUT2D eigenvalue weighted by atomic mass is 9.85. The van der Waals surface area contributed by atoms with E-state index in [2.05, 4.69) is 11.9 Å². The molecule has 0 aromatic heterocycles. The van der Waals surface area contributed by atoms with Gasteiger partial charge in [0.05, 0.1) is 0 Å². The summed E-state index contributed by atoms with van der Waals surface area (Å²) in [6, 6.07) is 0. The number of hydrogen-bond donors (Lipinski definition) is 1. The highest BCUT2D eigenvalue weighted by molar-refractivity contribution is 5.86. The van der Waals surface area contributed by atoms with Gasteiger partial charge in [-0.1, -0.05) is 13.0 Å². The van der Waals surface area contributed by atoms with Gasteiger partial charge in [0.1, 0.15) is 0 Å². The minimum absolute atomic E-state index is 0.0534. The monoisotopic (exact) mass is 203 g/mol. The normalized spacial score (nSPS) is 25.4. The van der Waals surface area contributed by atoms with Crippen molar-refractivity contribution in [2.24, 2.45) is 5.92 Å². The molecule has 0 spiro atoms. The largest absolute Gasteiger partial charge is 0.352 e. The second-order valence-corrected chi connectivity index (χ2v) is 3.65. The van der Waals surface area contributed by atoms with E-state index in [0.29, 0.717) is 12.8 Å². The Morgan fingerprint density at radius 1 is 1.57 bits per heavy atom. The molecule has 0 bridgehead atoms. The summed E-state index contributed by atoms with van der Waals surface area (Å²) in [7, 11) is 0. The molecule has 0 radical (unpaired) electrons. The molecule has 0 aromatic carbocycles. The maximum Gasteiger partial charge on any atom is 0.252 e. The highest BCUT2D eigenvalue weighted by Gasteiger charge is 2.40. The zero-order valence-corrected chi connectivity index (χ0v) is 8.06. The smallest absolute Gasteiger partial charge is 0.252 e. The van der Waals surface area contributed by atoms with E-state index in [1.165, 1.54) is 0 Å². The number of carbonyl (C=O) groups excluding carboxylic acids is 1. The van der Waals surface area contributed by atoms with E-state index in [0.717, 1.165) is 12.5 Å². The zero-order chi connectivity index (χ0) is 10.6. The molecule has 80 valence electrons. The molecule has 1 atom stereocenters. The van der Waals surface area contributed by atoms with Crippen LogP contribution in [0.15, 0.2) is 12.7 Å². The van der Waals surface area contributed by atoms with Gasteiger partial charge in [-0.3, -0.25) is 4.79 Å². The predicted octanol–water partition coefficient (Wildman–Crippen LogP) is 2.11. The van der Waals surface area contributed by atoms with E-state index in [4.69, 9.17) is 0 Å². The van der Waals surface area contributed by atoms with Gasteiger partial charge >= 0.3 is 0 Å². The molecule has 1 fully saturated rings. The van der Waals surface area contributed by atoms with Gasteiger partial charge in [-0.25, -0.2) is 8.78 Å². The Balaban J connectivity index is 2.41. The van der Waals surface area contributed by atoms with Crippen molar-refractivity contribution in [3.63, 3.8) is 0 Å². The molecule has 2 nitrogen and oxygen atoms in total. The molecule has 1 aliphatic rings. The van der Waals surface area contributed by atoms with Gasteiger partial charge in [0.25, 0.3) is 5.92 Å². The summed E-state index contributed by atoms with van der Waals surface area (Å²) in [6.45, 7) is 3.31. The molecule has 0 aliphatic heterocycles. The van der Waals surface area contributed by atoms with Crippen LogP contribution in [0, 0.1) is 5.92 Å². The molecule has 0 aromatic rings. The van der Waals surface area contributed by atoms with Gasteiger partial charge in [0.2, 0.25) is 5.91 Å². The molecule has 14 heavy (non-hydrogen) atoms. The third-order valence-electron chi connectivity index (χ3n) is 2.62. The predicted molar refractivity (Wildman–Crippen MR) is 50.1 cm³/mol. The molecule has 1 amide bonds. The summed E-state index contributed by atoms with van der Waals surface area (Å²) >= 11 is 0. The molecule has 1 saturated carbocycles. The van der Waals surface area contributed by atoms with Crippen LogP contribution in [0.1, 0.15) is 25.7 Å². The summed E-state index contributed by atoms with van der Waals surface area (Å²) in [4.78, 5) is 10.8. The minimum Gasteiger partial charge on any atom is -0.352 e. The third-order valence-corrected chi connectivity index (χ3v) is 2.62. The molecule has 4 heteroatoms. The van der Waals surface area contributed by atoms with Crippen LogP contribution in [-0.4, -0.2) is 18.4 Å². The Bertz CT molecular complexity index is 228. The quantitative estimate of drug-likeness (QED) is 0.699. The molecule has 1 N–H and O–H groups in total. The standard InChI is InChI=1S/C10H15F2NO/c1-2-9(14)13-7-8-5-3-4-6-10(8,11)12/h2,8H,1,3-7H2,(H,13,14). The number of halogens is 2. The molecule has 1 rings (SSSR count). The minimum atomic E-state index is -2.62. The van der Waals surface area contributed by atoms with Gasteiger partial charge in [-0.05, 0) is 18.9 Å². The Labute approximate surface area is 82.4 Å². The average molecular weight is 203 g/mol. The summed E-state index contributed by atoms with van der Waals surface area (Å²) in [5, 5.41) is 2.42. The summed E-state index contributed by atoms with van der Waals surface area (Å²) in [6.07, 6.45) is 2.94. The van der Waals surface area contributed by atoms with E-state index in [1.807, 2.05) is 0 Å². The molecule has 0 saturated heterocycles. The number of hydrogen-bond acceptors (Lipinski definition) is 1. The van der Waals surface area contributed by atoms with Crippen molar-refractivity contribution in [1.82, 2.24) is 5.32 Å². The van der Waals surface area contributed by atoms with Crippen molar-refractivity contribution in [1.29, 1.82) is 0 Å². The van der Waals surface area contributed by atoms with Crippen LogP contribution < -0.4 is 5.32 Å². The van der Waals surface area contributed by atoms with Crippen LogP contribution in [-0.2, 0) is 4.79 Å². The van der Waals surface area contributed by atoms with Crippen LogP contribution >= 0.6 is 0 Å². The lowest BCUT2D eigenvalue weighted by Crippen LogP contribution is -2.40. The number of amides is 1. The van der Waals surface area contributed by atoms with Gasteiger partial charge in [0, 0.05) is 18.9 Å². The Kier molecular flexibility index (Phi) is 3.61. The highest BCUT2D eigenvalue weighted by Crippen LogP contribution is 2.37. The first-order valence-electron chi connectivity index (χ1n) is 4.84. The topological polar surface area (TPSA) is 29.1 Å². The Morgan fingerprint density at radius 3 is 2.86 bits per heavy atom. The molecule has 0 heterocycles. The summed E-state index contributed by atoms with van der Waals surface area (Å²) in [5.41, 5.74) is 0. The van der Waals surface area contributed by atoms with Crippen molar-refractivity contribution in [3.05, 3.63) is 12.7 Å². The average Bonchev–Trinajstić information content (AvgIpc) is 2.15. The fourth-order valence-corrected chi connectivity index (χ4v) is 1.71. The fraction of sp³-hybridized carbons (Fsp3) is 0.700. The van der Waals surface area contributed by atoms with E-state index in [1.54, 1.807) is 0 Å². The lowest BCUT2D eigenvalue weighted by Gasteiger charge is -2.31. The van der Waals surface area contributed by atoms with Crippen LogP contribution in [0.5, 0.6) is 0 Å². The van der Waals surface area contributed by atoms with Crippen molar-refractivity contribution < 1.29 is 13.6 Å². The van der Waals surface area contributed by atoms with E-state index < -0.39 is 11.8 Å². The number of carbonyl (C=O) groups is 1. The van der Waals surface area contributed by atoms with Crippen molar-refractivity contribution in [2.75, 3.05) is 6.54 Å². The molecular formula is C10H15F2NO. The van der Waals surface area contributed by atoms with E-state index in [9.17, 15) is 13.6 Å². The summed E-state index contributed by atoms with van der Waals surface area (Å²) < 4.78 is 26.5. The maximum atomic E-state index is 13.2. The summed E-state index contributed by atoms with van der Waals surface area (Å²) in [5.74, 6) is -3.71. The fourth-order valence-electron chi connectivity index (χ4n) is 1.71. The molecule has 1 unspecified atom stereocenters. The lowest BCUT2D eigenvalue weighted by molar-refractivity contribution is -0.118. The van der Waals surface area contributed by atoms with Crippen molar-refractivity contribution in [3.8, 4) is 0 Å². The van der Waals surface area contributed by atoms with Crippen LogP contribution in [0.2, 0.25) is 0 Å². The Morgan fingerprint density at radius 2 is 2.29 bits per heavy atom. The SMILES string of the molecule is C=CC(=O)NCC1CCCCC1(F)F. The van der Waals surface area contributed by atoms with Gasteiger partial charge in [0.15, 0.2) is 0 Å². The first-order valence-corrected chi connectivity index (χ1v) is 4.84. The number of rotatable bonds is 3. The first kappa shape index (κ1) is 11.1. The second-order valence-electron chi connectivity index (χ2n) is 3.65. The first-order chi connectivity index (χ1) is 6.56. The zero-order valence-electron chi connectivity index (χ0n) is 8.06. The number of alkyl halides is 2. The molecule has 1 aliphatic carbocycles. The maximum absolute atomic E-state index is 13.2. The van der Waals surface area contributed by atoms with Crippen molar-refractivity contribution in [2.45, 2.75) is 31.6 Å². The van der Waals surface area contributed by atoms with E-state index >= 15 is 0 Å². The van der Waals surface area contributed by atoms with Gasteiger partial charge < -0.3 is 5.32 Å². The van der Waals surface area contributed by atoms with Crippen LogP contribution in [0.25, 0.3) is 0 Å². The van der Waals surface area contributed by atoms with Crippen LogP contribution in [0.4, 0.5) is 8.78 Å². The highest BCUT2D eigenvalue weighted by atomic mass is 19.3. The van der Waals surface area contributed by atoms with Gasteiger partial charge in [-0.2, -0.15) is 0 Å². The third kappa shape index (κ3) is 2.79. The van der Waals surface area contributed by atoms with Gasteiger partial charge in [-0.15, -0.1) is 0 Å². The molecular weight excluding hydrogens is 188 g/mol.